The van der Waals surface area contributed by atoms with E-state index in [1.807, 2.05) is 0 Å². The first-order valence-corrected chi connectivity index (χ1v) is 4.87. The van der Waals surface area contributed by atoms with Crippen molar-refractivity contribution in [2.75, 3.05) is 5.73 Å². The maximum Gasteiger partial charge on any atom is 0.391 e. The Hall–Kier alpha value is -1.79. The van der Waals surface area contributed by atoms with E-state index in [9.17, 15) is 18.0 Å². The lowest BCUT2D eigenvalue weighted by Crippen LogP contribution is -2.36. The topological polar surface area (TPSA) is 68.0 Å². The molecule has 0 aliphatic rings. The Labute approximate surface area is 96.0 Å². The van der Waals surface area contributed by atoms with Crippen molar-refractivity contribution in [3.8, 4) is 0 Å². The molecule has 0 aliphatic heterocycles. The number of carbonyl (C=O) groups is 1. The lowest BCUT2D eigenvalue weighted by Gasteiger charge is -2.15. The predicted octanol–water partition coefficient (Wildman–Crippen LogP) is 1.73. The van der Waals surface area contributed by atoms with Gasteiger partial charge in [0.1, 0.15) is 0 Å². The molecule has 1 rings (SSSR count). The maximum atomic E-state index is 12.0. The Morgan fingerprint density at radius 1 is 1.59 bits per heavy atom. The molecule has 1 atom stereocenters. The van der Waals surface area contributed by atoms with Crippen LogP contribution in [-0.4, -0.2) is 23.1 Å². The lowest BCUT2D eigenvalue weighted by molar-refractivity contribution is -0.138. The van der Waals surface area contributed by atoms with Crippen LogP contribution in [0.4, 0.5) is 18.9 Å². The Morgan fingerprint density at radius 3 is 2.76 bits per heavy atom. The largest absolute Gasteiger partial charge is 0.397 e. The molecule has 0 radical (unpaired) electrons. The van der Waals surface area contributed by atoms with Gasteiger partial charge in [0.05, 0.1) is 12.1 Å². The highest BCUT2D eigenvalue weighted by Gasteiger charge is 2.30. The summed E-state index contributed by atoms with van der Waals surface area (Å²) in [5.74, 6) is -0.708. The number of nitrogens with two attached hydrogens (primary N) is 1. The second-order valence-corrected chi connectivity index (χ2v) is 3.64. The smallest absolute Gasteiger partial charge is 0.391 e. The Kier molecular flexibility index (Phi) is 3.93. The first-order chi connectivity index (χ1) is 7.79. The zero-order valence-corrected chi connectivity index (χ0v) is 9.08. The van der Waals surface area contributed by atoms with Crippen LogP contribution in [0.3, 0.4) is 0 Å². The number of aromatic nitrogens is 1. The number of hydrogen-bond acceptors (Lipinski definition) is 3. The van der Waals surface area contributed by atoms with E-state index in [1.54, 1.807) is 0 Å². The normalized spacial score (nSPS) is 13.2. The van der Waals surface area contributed by atoms with Gasteiger partial charge in [0.2, 0.25) is 0 Å². The average molecular weight is 247 g/mol. The SMILES string of the molecule is CC(CC(F)(F)F)NC(=O)c1ncccc1N. The van der Waals surface area contributed by atoms with Gasteiger partial charge in [0.25, 0.3) is 5.91 Å². The summed E-state index contributed by atoms with van der Waals surface area (Å²) >= 11 is 0. The van der Waals surface area contributed by atoms with Crippen molar-refractivity contribution in [1.29, 1.82) is 0 Å². The van der Waals surface area contributed by atoms with Gasteiger partial charge >= 0.3 is 6.18 Å². The van der Waals surface area contributed by atoms with Crippen LogP contribution in [-0.2, 0) is 0 Å². The number of nitrogen functional groups attached to an aromatic ring is 1. The van der Waals surface area contributed by atoms with Crippen molar-refractivity contribution < 1.29 is 18.0 Å². The summed E-state index contributed by atoms with van der Waals surface area (Å²) in [5.41, 5.74) is 5.54. The number of anilines is 1. The molecule has 1 unspecified atom stereocenters. The number of pyridine rings is 1. The third kappa shape index (κ3) is 4.29. The summed E-state index contributed by atoms with van der Waals surface area (Å²) in [6.45, 7) is 1.27. The highest BCUT2D eigenvalue weighted by atomic mass is 19.4. The van der Waals surface area contributed by atoms with Crippen LogP contribution in [0.1, 0.15) is 23.8 Å². The number of hydrogen-bond donors (Lipinski definition) is 2. The number of halogens is 3. The van der Waals surface area contributed by atoms with Gasteiger partial charge in [-0.05, 0) is 19.1 Å². The molecule has 1 amide bonds. The maximum absolute atomic E-state index is 12.0. The average Bonchev–Trinajstić information content (AvgIpc) is 2.14. The van der Waals surface area contributed by atoms with E-state index in [4.69, 9.17) is 5.73 Å². The third-order valence-corrected chi connectivity index (χ3v) is 1.97. The molecule has 0 aliphatic carbocycles. The van der Waals surface area contributed by atoms with E-state index < -0.39 is 24.5 Å². The van der Waals surface area contributed by atoms with Gasteiger partial charge in [0, 0.05) is 12.2 Å². The second kappa shape index (κ2) is 5.03. The monoisotopic (exact) mass is 247 g/mol. The second-order valence-electron chi connectivity index (χ2n) is 3.64. The van der Waals surface area contributed by atoms with Crippen molar-refractivity contribution in [2.24, 2.45) is 0 Å². The van der Waals surface area contributed by atoms with Gasteiger partial charge in [-0.3, -0.25) is 4.79 Å². The van der Waals surface area contributed by atoms with Gasteiger partial charge in [-0.1, -0.05) is 0 Å². The molecule has 0 bridgehead atoms. The van der Waals surface area contributed by atoms with E-state index in [1.165, 1.54) is 25.3 Å². The molecule has 94 valence electrons. The molecule has 4 nitrogen and oxygen atoms in total. The van der Waals surface area contributed by atoms with Crippen LogP contribution >= 0.6 is 0 Å². The Bertz CT molecular complexity index is 406. The molecule has 1 heterocycles. The first-order valence-electron chi connectivity index (χ1n) is 4.87. The predicted molar refractivity (Wildman–Crippen MR) is 56.2 cm³/mol. The van der Waals surface area contributed by atoms with Crippen LogP contribution in [0, 0.1) is 0 Å². The van der Waals surface area contributed by atoms with E-state index in [2.05, 4.69) is 10.3 Å². The molecule has 0 saturated heterocycles. The number of nitrogens with one attached hydrogen (secondary N) is 1. The van der Waals surface area contributed by atoms with Gasteiger partial charge in [-0.2, -0.15) is 13.2 Å². The molecule has 7 heteroatoms. The zero-order chi connectivity index (χ0) is 13.1. The molecule has 0 saturated carbocycles. The molecular weight excluding hydrogens is 235 g/mol. The van der Waals surface area contributed by atoms with Crippen LogP contribution in [0.2, 0.25) is 0 Å². The standard InChI is InChI=1S/C10H12F3N3O/c1-6(5-10(11,12)13)16-9(17)8-7(14)3-2-4-15-8/h2-4,6H,5,14H2,1H3,(H,16,17). The number of amides is 1. The van der Waals surface area contributed by atoms with Crippen LogP contribution in [0.15, 0.2) is 18.3 Å². The number of rotatable bonds is 3. The van der Waals surface area contributed by atoms with Crippen LogP contribution < -0.4 is 11.1 Å². The van der Waals surface area contributed by atoms with E-state index >= 15 is 0 Å². The summed E-state index contributed by atoms with van der Waals surface area (Å²) in [5, 5.41) is 2.19. The van der Waals surface area contributed by atoms with E-state index in [0.717, 1.165) is 0 Å². The molecule has 0 fully saturated rings. The van der Waals surface area contributed by atoms with E-state index in [0.29, 0.717) is 0 Å². The highest BCUT2D eigenvalue weighted by Crippen LogP contribution is 2.21. The molecule has 0 spiro atoms. The van der Waals surface area contributed by atoms with Crippen LogP contribution in [0.25, 0.3) is 0 Å². The fraction of sp³-hybridized carbons (Fsp3) is 0.400. The van der Waals surface area contributed by atoms with Crippen molar-refractivity contribution in [3.63, 3.8) is 0 Å². The fourth-order valence-corrected chi connectivity index (χ4v) is 1.30. The Balaban J connectivity index is 2.64. The molecule has 1 aromatic rings. The first kappa shape index (κ1) is 13.3. The molecule has 17 heavy (non-hydrogen) atoms. The van der Waals surface area contributed by atoms with E-state index in [-0.39, 0.29) is 11.4 Å². The van der Waals surface area contributed by atoms with Gasteiger partial charge in [0.15, 0.2) is 5.69 Å². The molecule has 0 aromatic carbocycles. The summed E-state index contributed by atoms with van der Waals surface area (Å²) in [6, 6.07) is 1.96. The quantitative estimate of drug-likeness (QED) is 0.854. The lowest BCUT2D eigenvalue weighted by atomic mass is 10.2. The number of alkyl halides is 3. The van der Waals surface area contributed by atoms with Crippen LogP contribution in [0.5, 0.6) is 0 Å². The number of carbonyl (C=O) groups excluding carboxylic acids is 1. The fourth-order valence-electron chi connectivity index (χ4n) is 1.30. The van der Waals surface area contributed by atoms with Gasteiger partial charge in [-0.25, -0.2) is 4.98 Å². The Morgan fingerprint density at radius 2 is 2.24 bits per heavy atom. The minimum Gasteiger partial charge on any atom is -0.397 e. The van der Waals surface area contributed by atoms with Crippen molar-refractivity contribution in [3.05, 3.63) is 24.0 Å². The minimum absolute atomic E-state index is 0.0680. The highest BCUT2D eigenvalue weighted by molar-refractivity contribution is 5.97. The van der Waals surface area contributed by atoms with Crippen molar-refractivity contribution in [2.45, 2.75) is 25.6 Å². The third-order valence-electron chi connectivity index (χ3n) is 1.97. The summed E-state index contributed by atoms with van der Waals surface area (Å²) in [4.78, 5) is 15.3. The molecule has 1 aromatic heterocycles. The van der Waals surface area contributed by atoms with Gasteiger partial charge < -0.3 is 11.1 Å². The van der Waals surface area contributed by atoms with Gasteiger partial charge in [-0.15, -0.1) is 0 Å². The summed E-state index contributed by atoms with van der Waals surface area (Å²) < 4.78 is 36.1. The molecule has 3 N–H and O–H groups in total. The minimum atomic E-state index is -4.32. The summed E-state index contributed by atoms with van der Waals surface area (Å²) in [7, 11) is 0. The summed E-state index contributed by atoms with van der Waals surface area (Å²) in [6.07, 6.45) is -4.06. The zero-order valence-electron chi connectivity index (χ0n) is 9.08. The van der Waals surface area contributed by atoms with Crippen molar-refractivity contribution in [1.82, 2.24) is 10.3 Å². The van der Waals surface area contributed by atoms with Crippen molar-refractivity contribution >= 4 is 11.6 Å². The number of nitrogens with zero attached hydrogens (tertiary/aromatic N) is 1. The molecular formula is C10H12F3N3O.